The van der Waals surface area contributed by atoms with E-state index in [4.69, 9.17) is 9.47 Å². The Kier molecular flexibility index (Phi) is 7.58. The van der Waals surface area contributed by atoms with Crippen molar-refractivity contribution in [2.75, 3.05) is 19.8 Å². The van der Waals surface area contributed by atoms with Crippen LogP contribution in [0, 0.1) is 11.8 Å². The Morgan fingerprint density at radius 1 is 1.36 bits per heavy atom. The predicted molar refractivity (Wildman–Crippen MR) is 123 cm³/mol. The second-order valence-corrected chi connectivity index (χ2v) is 9.89. The average Bonchev–Trinajstić information content (AvgIpc) is 3.34. The number of aliphatic hydroxyl groups is 1. The fraction of sp³-hybridized carbons (Fsp3) is 0.800. The van der Waals surface area contributed by atoms with E-state index in [-0.39, 0.29) is 31.1 Å². The van der Waals surface area contributed by atoms with Gasteiger partial charge in [-0.05, 0) is 46.5 Å². The molecular weight excluding hydrogens is 424 g/mol. The largest absolute Gasteiger partial charge is 0.466 e. The van der Waals surface area contributed by atoms with Crippen LogP contribution in [-0.2, 0) is 23.9 Å². The summed E-state index contributed by atoms with van der Waals surface area (Å²) >= 11 is 0. The van der Waals surface area contributed by atoms with E-state index in [1.807, 2.05) is 20.8 Å². The second kappa shape index (κ2) is 9.74. The highest BCUT2D eigenvalue weighted by Gasteiger charge is 2.79. The lowest BCUT2D eigenvalue weighted by Crippen LogP contribution is -2.60. The molecule has 0 aromatic rings. The van der Waals surface area contributed by atoms with E-state index in [2.05, 4.69) is 13.5 Å². The van der Waals surface area contributed by atoms with Crippen molar-refractivity contribution in [3.05, 3.63) is 12.7 Å². The van der Waals surface area contributed by atoms with Crippen LogP contribution in [-0.4, -0.2) is 81.8 Å². The summed E-state index contributed by atoms with van der Waals surface area (Å²) in [5, 5.41) is 10.1. The monoisotopic (exact) mass is 464 g/mol. The van der Waals surface area contributed by atoms with Gasteiger partial charge in [0, 0.05) is 12.6 Å². The lowest BCUT2D eigenvalue weighted by molar-refractivity contribution is -0.162. The number of carbonyl (C=O) groups is 3. The van der Waals surface area contributed by atoms with Gasteiger partial charge >= 0.3 is 5.97 Å². The highest BCUT2D eigenvalue weighted by atomic mass is 16.6. The lowest BCUT2D eigenvalue weighted by atomic mass is 9.66. The van der Waals surface area contributed by atoms with Gasteiger partial charge in [-0.2, -0.15) is 0 Å². The molecule has 3 fully saturated rings. The lowest BCUT2D eigenvalue weighted by Gasteiger charge is -2.41. The Bertz CT molecular complexity index is 783. The average molecular weight is 465 g/mol. The molecular formula is C25H40N2O6. The van der Waals surface area contributed by atoms with Crippen molar-refractivity contribution in [3.8, 4) is 0 Å². The molecule has 33 heavy (non-hydrogen) atoms. The molecule has 3 aliphatic heterocycles. The SMILES string of the molecule is C=CCN(C(=O)C1N([C@@H](CC)CO)C(=O)[C@@H]2[C@@H](C(=O)OCC)[C@@]3(C)CCC12O3)C(C)CCC. The maximum Gasteiger partial charge on any atom is 0.312 e. The molecule has 0 aliphatic carbocycles. The van der Waals surface area contributed by atoms with Gasteiger partial charge in [-0.15, -0.1) is 6.58 Å². The van der Waals surface area contributed by atoms with Gasteiger partial charge < -0.3 is 24.4 Å². The molecule has 2 bridgehead atoms. The zero-order valence-electron chi connectivity index (χ0n) is 20.7. The van der Waals surface area contributed by atoms with Crippen LogP contribution in [0.2, 0.25) is 0 Å². The highest BCUT2D eigenvalue weighted by Crippen LogP contribution is 2.63. The zero-order valence-corrected chi connectivity index (χ0v) is 20.7. The van der Waals surface area contributed by atoms with Gasteiger partial charge in [0.05, 0.1) is 30.8 Å². The molecule has 0 saturated carbocycles. The van der Waals surface area contributed by atoms with Gasteiger partial charge in [-0.3, -0.25) is 14.4 Å². The molecule has 7 atom stereocenters. The molecule has 3 saturated heterocycles. The van der Waals surface area contributed by atoms with E-state index in [0.29, 0.717) is 25.8 Å². The van der Waals surface area contributed by atoms with Crippen LogP contribution in [0.5, 0.6) is 0 Å². The number of hydrogen-bond acceptors (Lipinski definition) is 6. The van der Waals surface area contributed by atoms with Crippen molar-refractivity contribution in [1.29, 1.82) is 0 Å². The van der Waals surface area contributed by atoms with Crippen LogP contribution in [0.3, 0.4) is 0 Å². The topological polar surface area (TPSA) is 96.4 Å². The molecule has 3 aliphatic rings. The maximum absolute atomic E-state index is 14.2. The minimum atomic E-state index is -1.10. The number of esters is 1. The Labute approximate surface area is 197 Å². The first-order valence-corrected chi connectivity index (χ1v) is 12.4. The number of ether oxygens (including phenoxy) is 2. The molecule has 8 heteroatoms. The Morgan fingerprint density at radius 2 is 2.06 bits per heavy atom. The van der Waals surface area contributed by atoms with Crippen LogP contribution in [0.25, 0.3) is 0 Å². The quantitative estimate of drug-likeness (QED) is 0.372. The van der Waals surface area contributed by atoms with Crippen LogP contribution in [0.15, 0.2) is 12.7 Å². The molecule has 0 aromatic heterocycles. The number of carbonyl (C=O) groups excluding carboxylic acids is 3. The van der Waals surface area contributed by atoms with Crippen LogP contribution < -0.4 is 0 Å². The van der Waals surface area contributed by atoms with Gasteiger partial charge in [0.1, 0.15) is 17.6 Å². The Morgan fingerprint density at radius 3 is 2.61 bits per heavy atom. The molecule has 8 nitrogen and oxygen atoms in total. The van der Waals surface area contributed by atoms with Crippen LogP contribution in [0.1, 0.15) is 66.7 Å². The molecule has 0 radical (unpaired) electrons. The molecule has 3 heterocycles. The fourth-order valence-corrected chi connectivity index (χ4v) is 6.40. The number of fused-ring (bicyclic) bond motifs is 1. The third-order valence-corrected chi connectivity index (χ3v) is 7.91. The summed E-state index contributed by atoms with van der Waals surface area (Å²) in [7, 11) is 0. The third-order valence-electron chi connectivity index (χ3n) is 7.91. The molecule has 2 amide bonds. The maximum atomic E-state index is 14.2. The Balaban J connectivity index is 2.12. The van der Waals surface area contributed by atoms with E-state index in [1.165, 1.54) is 4.90 Å². The second-order valence-electron chi connectivity index (χ2n) is 9.89. The van der Waals surface area contributed by atoms with Gasteiger partial charge in [0.25, 0.3) is 0 Å². The highest BCUT2D eigenvalue weighted by molar-refractivity contribution is 5.98. The van der Waals surface area contributed by atoms with Gasteiger partial charge in [-0.1, -0.05) is 26.3 Å². The summed E-state index contributed by atoms with van der Waals surface area (Å²) in [5.74, 6) is -2.51. The number of amides is 2. The van der Waals surface area contributed by atoms with Crippen molar-refractivity contribution in [2.45, 2.75) is 96.1 Å². The summed E-state index contributed by atoms with van der Waals surface area (Å²) in [6.07, 6.45) is 4.99. The molecule has 3 unspecified atom stereocenters. The van der Waals surface area contributed by atoms with Crippen molar-refractivity contribution >= 4 is 17.8 Å². The summed E-state index contributed by atoms with van der Waals surface area (Å²) < 4.78 is 11.9. The van der Waals surface area contributed by atoms with E-state index in [1.54, 1.807) is 17.9 Å². The van der Waals surface area contributed by atoms with Crippen molar-refractivity contribution < 1.29 is 29.0 Å². The summed E-state index contributed by atoms with van der Waals surface area (Å²) in [5.41, 5.74) is -1.95. The molecule has 0 aromatic carbocycles. The predicted octanol–water partition coefficient (Wildman–Crippen LogP) is 2.29. The van der Waals surface area contributed by atoms with Crippen LogP contribution >= 0.6 is 0 Å². The number of nitrogens with zero attached hydrogens (tertiary/aromatic N) is 2. The van der Waals surface area contributed by atoms with Gasteiger partial charge in [-0.25, -0.2) is 0 Å². The number of rotatable bonds is 11. The first kappa shape index (κ1) is 25.7. The minimum absolute atomic E-state index is 0.0443. The van der Waals surface area contributed by atoms with Crippen LogP contribution in [0.4, 0.5) is 0 Å². The van der Waals surface area contributed by atoms with Crippen molar-refractivity contribution in [1.82, 2.24) is 9.80 Å². The Hall–Kier alpha value is -1.93. The van der Waals surface area contributed by atoms with Crippen molar-refractivity contribution in [2.24, 2.45) is 11.8 Å². The first-order chi connectivity index (χ1) is 15.7. The van der Waals surface area contributed by atoms with Gasteiger partial charge in [0.15, 0.2) is 0 Å². The van der Waals surface area contributed by atoms with Gasteiger partial charge in [0.2, 0.25) is 11.8 Å². The summed E-state index contributed by atoms with van der Waals surface area (Å²) in [6.45, 7) is 13.7. The minimum Gasteiger partial charge on any atom is -0.466 e. The first-order valence-electron chi connectivity index (χ1n) is 12.4. The normalized spacial score (nSPS) is 34.2. The smallest absolute Gasteiger partial charge is 0.312 e. The third kappa shape index (κ3) is 3.89. The number of aliphatic hydroxyl groups excluding tert-OH is 1. The number of likely N-dealkylation sites (tertiary alicyclic amines) is 1. The summed E-state index contributed by atoms with van der Waals surface area (Å²) in [6, 6.07) is -1.47. The van der Waals surface area contributed by atoms with E-state index >= 15 is 0 Å². The van der Waals surface area contributed by atoms with Crippen molar-refractivity contribution in [3.63, 3.8) is 0 Å². The molecule has 3 rings (SSSR count). The zero-order chi connectivity index (χ0) is 24.6. The standard InChI is InChI=1S/C25H40N2O6/c1-7-11-16(5)26(14-8-2)22(30)20-25-13-12-24(6,33-25)19(23(31)32-10-4)18(25)21(29)27(20)17(9-3)15-28/h8,16-20,28H,2,7,9-15H2,1,3-6H3/t16?,17-,18-,19-,20?,24+,25?/m0/s1. The fourth-order valence-electron chi connectivity index (χ4n) is 6.40. The summed E-state index contributed by atoms with van der Waals surface area (Å²) in [4.78, 5) is 44.4. The molecule has 186 valence electrons. The number of hydrogen-bond donors (Lipinski definition) is 1. The van der Waals surface area contributed by atoms with E-state index in [0.717, 1.165) is 12.8 Å². The molecule has 1 spiro atoms. The molecule has 1 N–H and O–H groups in total. The van der Waals surface area contributed by atoms with E-state index < -0.39 is 41.1 Å². The van der Waals surface area contributed by atoms with E-state index in [9.17, 15) is 19.5 Å².